The van der Waals surface area contributed by atoms with Gasteiger partial charge in [0, 0.05) is 18.7 Å². The Balaban J connectivity index is 1.73. The Hall–Kier alpha value is -2.20. The van der Waals surface area contributed by atoms with Crippen LogP contribution in [0.25, 0.3) is 0 Å². The summed E-state index contributed by atoms with van der Waals surface area (Å²) in [5, 5.41) is 6.20. The first-order valence-corrected chi connectivity index (χ1v) is 8.44. The standard InChI is InChI=1S/C20H25FN2O/c1-3-16-9-6-7-15(2)20(16)23-19(24)12-14-22-13-11-17-8-4-5-10-18(17)21/h4-10,22H,3,11-14H2,1-2H3,(H,23,24). The number of nitrogens with one attached hydrogen (secondary N) is 2. The number of rotatable bonds is 8. The summed E-state index contributed by atoms with van der Waals surface area (Å²) in [6.07, 6.45) is 1.90. The van der Waals surface area contributed by atoms with Crippen molar-refractivity contribution >= 4 is 11.6 Å². The molecule has 0 heterocycles. The minimum Gasteiger partial charge on any atom is -0.326 e. The molecule has 1 amide bonds. The zero-order valence-corrected chi connectivity index (χ0v) is 14.4. The molecule has 0 fully saturated rings. The first-order chi connectivity index (χ1) is 11.6. The summed E-state index contributed by atoms with van der Waals surface area (Å²) in [5.41, 5.74) is 3.85. The first kappa shape index (κ1) is 18.1. The molecule has 3 nitrogen and oxygen atoms in total. The maximum absolute atomic E-state index is 13.5. The average molecular weight is 328 g/mol. The second-order valence-corrected chi connectivity index (χ2v) is 5.85. The molecular weight excluding hydrogens is 303 g/mol. The maximum Gasteiger partial charge on any atom is 0.225 e. The van der Waals surface area contributed by atoms with Gasteiger partial charge in [0.1, 0.15) is 5.82 Å². The third-order valence-corrected chi connectivity index (χ3v) is 4.06. The van der Waals surface area contributed by atoms with Crippen molar-refractivity contribution in [1.82, 2.24) is 5.32 Å². The van der Waals surface area contributed by atoms with Crippen molar-refractivity contribution < 1.29 is 9.18 Å². The summed E-state index contributed by atoms with van der Waals surface area (Å²) in [7, 11) is 0. The van der Waals surface area contributed by atoms with E-state index in [-0.39, 0.29) is 11.7 Å². The van der Waals surface area contributed by atoms with Gasteiger partial charge >= 0.3 is 0 Å². The number of benzene rings is 2. The molecule has 128 valence electrons. The molecule has 0 aliphatic carbocycles. The Kier molecular flexibility index (Phi) is 6.94. The van der Waals surface area contributed by atoms with E-state index < -0.39 is 0 Å². The van der Waals surface area contributed by atoms with Gasteiger partial charge in [-0.1, -0.05) is 43.3 Å². The molecule has 0 saturated carbocycles. The minimum absolute atomic E-state index is 0.00242. The van der Waals surface area contributed by atoms with Crippen molar-refractivity contribution in [2.24, 2.45) is 0 Å². The fraction of sp³-hybridized carbons (Fsp3) is 0.350. The number of hydrogen-bond donors (Lipinski definition) is 2. The van der Waals surface area contributed by atoms with Crippen LogP contribution in [0.3, 0.4) is 0 Å². The third kappa shape index (κ3) is 5.17. The highest BCUT2D eigenvalue weighted by Crippen LogP contribution is 2.21. The van der Waals surface area contributed by atoms with Crippen molar-refractivity contribution in [3.05, 3.63) is 65.0 Å². The Labute approximate surface area is 143 Å². The van der Waals surface area contributed by atoms with Crippen molar-refractivity contribution in [3.8, 4) is 0 Å². The molecule has 0 aromatic heterocycles. The van der Waals surface area contributed by atoms with E-state index in [2.05, 4.69) is 17.6 Å². The minimum atomic E-state index is -0.177. The molecule has 0 spiro atoms. The van der Waals surface area contributed by atoms with Crippen LogP contribution >= 0.6 is 0 Å². The summed E-state index contributed by atoms with van der Waals surface area (Å²) in [5.74, 6) is -0.180. The highest BCUT2D eigenvalue weighted by Gasteiger charge is 2.08. The summed E-state index contributed by atoms with van der Waals surface area (Å²) in [4.78, 5) is 12.1. The van der Waals surface area contributed by atoms with Crippen LogP contribution in [0.2, 0.25) is 0 Å². The number of halogens is 1. The molecule has 0 radical (unpaired) electrons. The number of carbonyl (C=O) groups excluding carboxylic acids is 1. The van der Waals surface area contributed by atoms with Gasteiger partial charge in [0.25, 0.3) is 0 Å². The summed E-state index contributed by atoms with van der Waals surface area (Å²) < 4.78 is 13.5. The molecule has 2 N–H and O–H groups in total. The van der Waals surface area contributed by atoms with Crippen LogP contribution in [0.15, 0.2) is 42.5 Å². The quantitative estimate of drug-likeness (QED) is 0.723. The zero-order chi connectivity index (χ0) is 17.4. The van der Waals surface area contributed by atoms with E-state index in [4.69, 9.17) is 0 Å². The topological polar surface area (TPSA) is 41.1 Å². The summed E-state index contributed by atoms with van der Waals surface area (Å²) in [6.45, 7) is 5.31. The monoisotopic (exact) mass is 328 g/mol. The maximum atomic E-state index is 13.5. The van der Waals surface area contributed by atoms with Crippen molar-refractivity contribution in [3.63, 3.8) is 0 Å². The van der Waals surface area contributed by atoms with Crippen molar-refractivity contribution in [2.75, 3.05) is 18.4 Å². The number of hydrogen-bond acceptors (Lipinski definition) is 2. The van der Waals surface area contributed by atoms with Gasteiger partial charge in [0.15, 0.2) is 0 Å². The van der Waals surface area contributed by atoms with E-state index in [1.807, 2.05) is 31.2 Å². The van der Waals surface area contributed by atoms with E-state index in [0.29, 0.717) is 31.5 Å². The van der Waals surface area contributed by atoms with Crippen LogP contribution in [0.5, 0.6) is 0 Å². The first-order valence-electron chi connectivity index (χ1n) is 8.44. The van der Waals surface area contributed by atoms with Gasteiger partial charge in [-0.3, -0.25) is 4.79 Å². The molecule has 2 aromatic carbocycles. The second kappa shape index (κ2) is 9.18. The number of anilines is 1. The van der Waals surface area contributed by atoms with Crippen LogP contribution in [0.1, 0.15) is 30.0 Å². The third-order valence-electron chi connectivity index (χ3n) is 4.06. The molecule has 24 heavy (non-hydrogen) atoms. The molecule has 0 aliphatic rings. The lowest BCUT2D eigenvalue weighted by Gasteiger charge is -2.13. The smallest absolute Gasteiger partial charge is 0.225 e. The van der Waals surface area contributed by atoms with Gasteiger partial charge in [0.05, 0.1) is 0 Å². The molecule has 0 atom stereocenters. The van der Waals surface area contributed by atoms with Gasteiger partial charge in [-0.05, 0) is 49.1 Å². The van der Waals surface area contributed by atoms with Gasteiger partial charge in [-0.25, -0.2) is 4.39 Å². The van der Waals surface area contributed by atoms with Crippen LogP contribution in [-0.2, 0) is 17.6 Å². The van der Waals surface area contributed by atoms with Gasteiger partial charge in [-0.2, -0.15) is 0 Å². The SMILES string of the molecule is CCc1cccc(C)c1NC(=O)CCNCCc1ccccc1F. The fourth-order valence-electron chi connectivity index (χ4n) is 2.66. The van der Waals surface area contributed by atoms with Crippen molar-refractivity contribution in [1.29, 1.82) is 0 Å². The molecular formula is C20H25FN2O. The lowest BCUT2D eigenvalue weighted by atomic mass is 10.1. The molecule has 4 heteroatoms. The zero-order valence-electron chi connectivity index (χ0n) is 14.4. The molecule has 0 unspecified atom stereocenters. The Morgan fingerprint density at radius 1 is 1.04 bits per heavy atom. The number of para-hydroxylation sites is 1. The van der Waals surface area contributed by atoms with Crippen LogP contribution in [0.4, 0.5) is 10.1 Å². The van der Waals surface area contributed by atoms with Crippen LogP contribution < -0.4 is 10.6 Å². The van der Waals surface area contributed by atoms with Gasteiger partial charge in [-0.15, -0.1) is 0 Å². The average Bonchev–Trinajstić information content (AvgIpc) is 2.58. The normalized spacial score (nSPS) is 10.6. The molecule has 0 bridgehead atoms. The lowest BCUT2D eigenvalue weighted by molar-refractivity contribution is -0.116. The number of carbonyl (C=O) groups is 1. The van der Waals surface area contributed by atoms with Crippen LogP contribution in [-0.4, -0.2) is 19.0 Å². The van der Waals surface area contributed by atoms with E-state index in [0.717, 1.165) is 23.2 Å². The second-order valence-electron chi connectivity index (χ2n) is 5.85. The highest BCUT2D eigenvalue weighted by atomic mass is 19.1. The molecule has 0 saturated heterocycles. The largest absolute Gasteiger partial charge is 0.326 e. The predicted octanol–water partition coefficient (Wildman–Crippen LogP) is 3.86. The molecule has 2 rings (SSSR count). The van der Waals surface area contributed by atoms with E-state index in [1.165, 1.54) is 6.07 Å². The Bertz CT molecular complexity index is 685. The number of aryl methyl sites for hydroxylation is 2. The van der Waals surface area contributed by atoms with E-state index in [9.17, 15) is 9.18 Å². The van der Waals surface area contributed by atoms with Gasteiger partial charge < -0.3 is 10.6 Å². The lowest BCUT2D eigenvalue weighted by Crippen LogP contribution is -2.24. The summed E-state index contributed by atoms with van der Waals surface area (Å²) in [6, 6.07) is 12.8. The highest BCUT2D eigenvalue weighted by molar-refractivity contribution is 5.92. The Morgan fingerprint density at radius 3 is 2.54 bits per heavy atom. The number of amides is 1. The fourth-order valence-corrected chi connectivity index (χ4v) is 2.66. The molecule has 0 aliphatic heterocycles. The predicted molar refractivity (Wildman–Crippen MR) is 96.8 cm³/mol. The van der Waals surface area contributed by atoms with Gasteiger partial charge in [0.2, 0.25) is 5.91 Å². The van der Waals surface area contributed by atoms with E-state index >= 15 is 0 Å². The Morgan fingerprint density at radius 2 is 1.79 bits per heavy atom. The van der Waals surface area contributed by atoms with Crippen LogP contribution in [0, 0.1) is 12.7 Å². The van der Waals surface area contributed by atoms with E-state index in [1.54, 1.807) is 12.1 Å². The van der Waals surface area contributed by atoms with Crippen molar-refractivity contribution in [2.45, 2.75) is 33.1 Å². The summed E-state index contributed by atoms with van der Waals surface area (Å²) >= 11 is 0. The molecule has 2 aromatic rings.